The lowest BCUT2D eigenvalue weighted by molar-refractivity contribution is -0.316. The molecule has 18 heteroatoms. The van der Waals surface area contributed by atoms with Crippen molar-refractivity contribution in [1.29, 1.82) is 0 Å². The molecule has 3 aliphatic rings. The second-order valence-electron chi connectivity index (χ2n) is 12.4. The van der Waals surface area contributed by atoms with E-state index in [0.717, 1.165) is 6.07 Å². The fourth-order valence-corrected chi connectivity index (χ4v) is 5.97. The van der Waals surface area contributed by atoms with Crippen LogP contribution in [0.3, 0.4) is 0 Å². The topological polar surface area (TPSA) is 288 Å². The van der Waals surface area contributed by atoms with Crippen LogP contribution in [0.5, 0.6) is 23.0 Å². The minimum atomic E-state index is -1.79. The number of benzene rings is 2. The number of rotatable bonds is 8. The van der Waals surface area contributed by atoms with Crippen LogP contribution in [0, 0.1) is 0 Å². The SMILES string of the molecule is CC1OC(Oc2cc(O)c3c(=O)c(OC4OC(CO)C(O)C4OC4OC(C)C(O)C(O)C4O)c(-c4ccc(O)cc4)oc3c2)C(O)C(O)C1O. The molecule has 3 saturated heterocycles. The van der Waals surface area contributed by atoms with Crippen LogP contribution in [0.2, 0.25) is 0 Å². The van der Waals surface area contributed by atoms with Gasteiger partial charge in [0.15, 0.2) is 18.2 Å². The van der Waals surface area contributed by atoms with E-state index >= 15 is 0 Å². The number of aromatic hydroxyl groups is 2. The van der Waals surface area contributed by atoms with Crippen LogP contribution >= 0.6 is 0 Å². The van der Waals surface area contributed by atoms with E-state index in [1.54, 1.807) is 0 Å². The first-order valence-corrected chi connectivity index (χ1v) is 15.7. The third-order valence-electron chi connectivity index (χ3n) is 8.90. The summed E-state index contributed by atoms with van der Waals surface area (Å²) in [7, 11) is 0. The maximum atomic E-state index is 14.1. The van der Waals surface area contributed by atoms with Crippen LogP contribution in [-0.4, -0.2) is 144 Å². The second-order valence-corrected chi connectivity index (χ2v) is 12.4. The third kappa shape index (κ3) is 6.61. The Morgan fingerprint density at radius 3 is 1.92 bits per heavy atom. The molecular formula is C32H38O18. The highest BCUT2D eigenvalue weighted by atomic mass is 16.8. The standard InChI is InChI=1S/C32H38O18/c1-10-19(36)23(40)25(42)30(44-10)46-14-7-15(35)18-16(8-14)47-27(12-3-5-13(34)6-4-12)28(22(18)39)49-32-29(21(38)17(9-33)48-32)50-31-26(43)24(41)20(37)11(2)45-31/h3-8,10-11,17,19-21,23-26,29-38,40-43H,9H2,1-2H3. The van der Waals surface area contributed by atoms with Gasteiger partial charge >= 0.3 is 0 Å². The summed E-state index contributed by atoms with van der Waals surface area (Å²) in [5.41, 5.74) is -1.05. The quantitative estimate of drug-likeness (QED) is 0.118. The summed E-state index contributed by atoms with van der Waals surface area (Å²) in [4.78, 5) is 14.1. The van der Waals surface area contributed by atoms with E-state index < -0.39 is 115 Å². The van der Waals surface area contributed by atoms with Gasteiger partial charge in [0.1, 0.15) is 77.0 Å². The van der Waals surface area contributed by atoms with Crippen LogP contribution in [0.25, 0.3) is 22.3 Å². The molecule has 0 saturated carbocycles. The summed E-state index contributed by atoms with van der Waals surface area (Å²) in [5, 5.41) is 103. The fourth-order valence-electron chi connectivity index (χ4n) is 5.97. The molecule has 3 fully saturated rings. The molecule has 1 aromatic heterocycles. The van der Waals surface area contributed by atoms with Crippen molar-refractivity contribution in [3.05, 3.63) is 46.6 Å². The first-order valence-electron chi connectivity index (χ1n) is 15.7. The van der Waals surface area contributed by atoms with Gasteiger partial charge < -0.3 is 83.9 Å². The number of hydrogen-bond donors (Lipinski definition) is 10. The zero-order valence-electron chi connectivity index (χ0n) is 26.5. The number of hydrogen-bond acceptors (Lipinski definition) is 18. The van der Waals surface area contributed by atoms with Gasteiger partial charge in [0, 0.05) is 17.7 Å². The molecule has 4 heterocycles. The molecule has 0 aliphatic carbocycles. The van der Waals surface area contributed by atoms with Gasteiger partial charge in [0.25, 0.3) is 0 Å². The van der Waals surface area contributed by atoms with Crippen molar-refractivity contribution in [2.45, 2.75) is 99.9 Å². The second kappa shape index (κ2) is 14.2. The first-order chi connectivity index (χ1) is 23.7. The predicted octanol–water partition coefficient (Wildman–Crippen LogP) is -2.25. The highest BCUT2D eigenvalue weighted by molar-refractivity contribution is 5.88. The van der Waals surface area contributed by atoms with Gasteiger partial charge in [-0.25, -0.2) is 0 Å². The molecule has 3 aliphatic heterocycles. The summed E-state index contributed by atoms with van der Waals surface area (Å²) < 4.78 is 40.0. The molecule has 0 bridgehead atoms. The van der Waals surface area contributed by atoms with Crippen LogP contribution in [0.15, 0.2) is 45.6 Å². The van der Waals surface area contributed by atoms with Gasteiger partial charge in [0.2, 0.25) is 23.8 Å². The molecule has 14 atom stereocenters. The Kier molecular flexibility index (Phi) is 10.3. The molecule has 274 valence electrons. The van der Waals surface area contributed by atoms with E-state index in [1.165, 1.54) is 44.2 Å². The molecule has 50 heavy (non-hydrogen) atoms. The molecule has 18 nitrogen and oxygen atoms in total. The van der Waals surface area contributed by atoms with Gasteiger partial charge in [0.05, 0.1) is 18.8 Å². The molecule has 2 aromatic carbocycles. The van der Waals surface area contributed by atoms with Gasteiger partial charge in [-0.1, -0.05) is 0 Å². The lowest BCUT2D eigenvalue weighted by Crippen LogP contribution is -2.59. The van der Waals surface area contributed by atoms with Crippen molar-refractivity contribution < 1.29 is 83.9 Å². The van der Waals surface area contributed by atoms with E-state index in [9.17, 15) is 55.9 Å². The van der Waals surface area contributed by atoms with E-state index in [0.29, 0.717) is 0 Å². The maximum absolute atomic E-state index is 14.1. The van der Waals surface area contributed by atoms with E-state index in [4.69, 9.17) is 32.8 Å². The third-order valence-corrected chi connectivity index (χ3v) is 8.90. The van der Waals surface area contributed by atoms with Crippen molar-refractivity contribution in [3.63, 3.8) is 0 Å². The summed E-state index contributed by atoms with van der Waals surface area (Å²) >= 11 is 0. The molecule has 0 radical (unpaired) electrons. The average molecular weight is 711 g/mol. The van der Waals surface area contributed by atoms with Crippen LogP contribution in [0.4, 0.5) is 0 Å². The van der Waals surface area contributed by atoms with Crippen molar-refractivity contribution in [2.24, 2.45) is 0 Å². The fraction of sp³-hybridized carbons (Fsp3) is 0.531. The van der Waals surface area contributed by atoms with Gasteiger partial charge in [-0.2, -0.15) is 0 Å². The first kappa shape index (κ1) is 36.2. The number of ether oxygens (including phenoxy) is 6. The summed E-state index contributed by atoms with van der Waals surface area (Å²) in [5.74, 6) is -1.83. The average Bonchev–Trinajstić information content (AvgIpc) is 3.38. The maximum Gasteiger partial charge on any atom is 0.239 e. The predicted molar refractivity (Wildman–Crippen MR) is 164 cm³/mol. The van der Waals surface area contributed by atoms with Gasteiger partial charge in [-0.3, -0.25) is 4.79 Å². The zero-order chi connectivity index (χ0) is 36.2. The lowest BCUT2D eigenvalue weighted by Gasteiger charge is -2.40. The molecular weight excluding hydrogens is 672 g/mol. The van der Waals surface area contributed by atoms with Crippen LogP contribution in [0.1, 0.15) is 13.8 Å². The molecule has 10 N–H and O–H groups in total. The number of aliphatic hydroxyl groups is 8. The van der Waals surface area contributed by atoms with E-state index in [1.807, 2.05) is 0 Å². The smallest absolute Gasteiger partial charge is 0.239 e. The Hall–Kier alpha value is -3.63. The van der Waals surface area contributed by atoms with E-state index in [2.05, 4.69) is 0 Å². The number of phenols is 2. The minimum Gasteiger partial charge on any atom is -0.508 e. The Morgan fingerprint density at radius 1 is 0.700 bits per heavy atom. The normalized spacial score (nSPS) is 37.6. The van der Waals surface area contributed by atoms with Crippen molar-refractivity contribution in [3.8, 4) is 34.3 Å². The molecule has 3 aromatic rings. The minimum absolute atomic E-state index is 0.130. The highest BCUT2D eigenvalue weighted by Crippen LogP contribution is 2.39. The Labute approximate surface area is 282 Å². The summed E-state index contributed by atoms with van der Waals surface area (Å²) in [6.45, 7) is 2.12. The number of aliphatic hydroxyl groups excluding tert-OH is 8. The van der Waals surface area contributed by atoms with Gasteiger partial charge in [-0.15, -0.1) is 0 Å². The number of phenolic OH excluding ortho intramolecular Hbond substituents is 2. The summed E-state index contributed by atoms with van der Waals surface area (Å²) in [6, 6.07) is 7.52. The molecule has 0 amide bonds. The Bertz CT molecular complexity index is 1710. The van der Waals surface area contributed by atoms with Crippen LogP contribution < -0.4 is 14.9 Å². The zero-order valence-corrected chi connectivity index (χ0v) is 26.5. The molecule has 14 unspecified atom stereocenters. The van der Waals surface area contributed by atoms with Crippen LogP contribution in [-0.2, 0) is 18.9 Å². The summed E-state index contributed by atoms with van der Waals surface area (Å²) in [6.07, 6.45) is -20.9. The molecule has 6 rings (SSSR count). The number of fused-ring (bicyclic) bond motifs is 1. The van der Waals surface area contributed by atoms with Crippen molar-refractivity contribution in [2.75, 3.05) is 6.61 Å². The van der Waals surface area contributed by atoms with Crippen molar-refractivity contribution >= 4 is 11.0 Å². The Morgan fingerprint density at radius 2 is 1.30 bits per heavy atom. The highest BCUT2D eigenvalue weighted by Gasteiger charge is 2.51. The van der Waals surface area contributed by atoms with Gasteiger partial charge in [-0.05, 0) is 38.1 Å². The monoisotopic (exact) mass is 710 g/mol. The molecule has 0 spiro atoms. The lowest BCUT2D eigenvalue weighted by atomic mass is 10.00. The van der Waals surface area contributed by atoms with Crippen molar-refractivity contribution in [1.82, 2.24) is 0 Å². The Balaban J connectivity index is 1.38. The largest absolute Gasteiger partial charge is 0.508 e. The van der Waals surface area contributed by atoms with E-state index in [-0.39, 0.29) is 28.4 Å².